The molecule has 3 aromatic carbocycles. The highest BCUT2D eigenvalue weighted by Gasteiger charge is 2.14. The highest BCUT2D eigenvalue weighted by atomic mass is 16.1. The molecule has 1 amide bonds. The van der Waals surface area contributed by atoms with Gasteiger partial charge >= 0.3 is 0 Å². The third-order valence-corrected chi connectivity index (χ3v) is 3.93. The summed E-state index contributed by atoms with van der Waals surface area (Å²) in [5, 5.41) is 5.41. The Morgan fingerprint density at radius 2 is 1.55 bits per heavy atom. The number of hydrogen-bond acceptors (Lipinski definition) is 1. The Balaban J connectivity index is 2.01. The second-order valence-electron chi connectivity index (χ2n) is 5.51. The van der Waals surface area contributed by atoms with Crippen LogP contribution >= 0.6 is 0 Å². The van der Waals surface area contributed by atoms with Crippen molar-refractivity contribution >= 4 is 16.7 Å². The van der Waals surface area contributed by atoms with Gasteiger partial charge in [-0.05, 0) is 21.9 Å². The number of nitrogens with one attached hydrogen (secondary N) is 1. The summed E-state index contributed by atoms with van der Waals surface area (Å²) in [6.45, 7) is 2.17. The van der Waals surface area contributed by atoms with Gasteiger partial charge in [0.2, 0.25) is 5.91 Å². The molecule has 3 aromatic rings. The third-order valence-electron chi connectivity index (χ3n) is 3.93. The molecule has 1 atom stereocenters. The van der Waals surface area contributed by atoms with Crippen molar-refractivity contribution in [1.29, 1.82) is 0 Å². The molecule has 2 nitrogen and oxygen atoms in total. The van der Waals surface area contributed by atoms with Gasteiger partial charge in [-0.2, -0.15) is 0 Å². The second-order valence-corrected chi connectivity index (χ2v) is 5.51. The minimum absolute atomic E-state index is 0.00159. The topological polar surface area (TPSA) is 29.1 Å². The van der Waals surface area contributed by atoms with Crippen molar-refractivity contribution in [3.63, 3.8) is 0 Å². The van der Waals surface area contributed by atoms with E-state index in [1.165, 1.54) is 21.9 Å². The van der Waals surface area contributed by atoms with E-state index in [9.17, 15) is 4.79 Å². The zero-order valence-corrected chi connectivity index (χ0v) is 12.6. The van der Waals surface area contributed by atoms with Crippen LogP contribution in [0.2, 0.25) is 0 Å². The Hall–Kier alpha value is -2.61. The van der Waals surface area contributed by atoms with Gasteiger partial charge in [0.05, 0.1) is 0 Å². The van der Waals surface area contributed by atoms with Gasteiger partial charge in [0, 0.05) is 19.4 Å². The Kier molecular flexibility index (Phi) is 4.19. The molecule has 0 aliphatic carbocycles. The lowest BCUT2D eigenvalue weighted by molar-refractivity contribution is -0.118. The predicted octanol–water partition coefficient (Wildman–Crippen LogP) is 4.11. The Labute approximate surface area is 130 Å². The van der Waals surface area contributed by atoms with Crippen molar-refractivity contribution < 1.29 is 4.79 Å². The van der Waals surface area contributed by atoms with Crippen LogP contribution in [0.5, 0.6) is 0 Å². The molecule has 0 aromatic heterocycles. The zero-order chi connectivity index (χ0) is 15.4. The number of benzene rings is 3. The number of amides is 1. The molecule has 0 saturated heterocycles. The van der Waals surface area contributed by atoms with E-state index < -0.39 is 0 Å². The monoisotopic (exact) mass is 289 g/mol. The highest BCUT2D eigenvalue weighted by molar-refractivity contribution is 5.83. The molecule has 0 heterocycles. The molecule has 110 valence electrons. The molecule has 0 fully saturated rings. The van der Waals surface area contributed by atoms with Crippen molar-refractivity contribution in [2.45, 2.75) is 12.8 Å². The third kappa shape index (κ3) is 3.17. The first-order chi connectivity index (χ1) is 10.7. The smallest absolute Gasteiger partial charge is 0.216 e. The molecule has 0 radical (unpaired) electrons. The average molecular weight is 289 g/mol. The van der Waals surface area contributed by atoms with Crippen molar-refractivity contribution in [2.75, 3.05) is 6.54 Å². The van der Waals surface area contributed by atoms with E-state index in [1.807, 2.05) is 24.3 Å². The predicted molar refractivity (Wildman–Crippen MR) is 90.9 cm³/mol. The van der Waals surface area contributed by atoms with Gasteiger partial charge in [0.1, 0.15) is 0 Å². The fourth-order valence-corrected chi connectivity index (χ4v) is 2.78. The van der Waals surface area contributed by atoms with Crippen molar-refractivity contribution in [3.8, 4) is 0 Å². The summed E-state index contributed by atoms with van der Waals surface area (Å²) in [6, 6.07) is 25.2. The summed E-state index contributed by atoms with van der Waals surface area (Å²) in [6.07, 6.45) is 0. The maximum Gasteiger partial charge on any atom is 0.216 e. The minimum atomic E-state index is 0.00159. The quantitative estimate of drug-likeness (QED) is 0.769. The van der Waals surface area contributed by atoms with Gasteiger partial charge in [-0.25, -0.2) is 0 Å². The normalized spacial score (nSPS) is 12.0. The lowest BCUT2D eigenvalue weighted by Gasteiger charge is -2.19. The second kappa shape index (κ2) is 6.44. The largest absolute Gasteiger partial charge is 0.355 e. The van der Waals surface area contributed by atoms with Crippen LogP contribution in [-0.4, -0.2) is 12.5 Å². The van der Waals surface area contributed by atoms with Gasteiger partial charge in [-0.3, -0.25) is 4.79 Å². The van der Waals surface area contributed by atoms with Gasteiger partial charge in [-0.15, -0.1) is 0 Å². The van der Waals surface area contributed by atoms with E-state index in [4.69, 9.17) is 0 Å². The molecule has 0 unspecified atom stereocenters. The SMILES string of the molecule is CC(=O)NC[C@H](c1ccccc1)c1ccc2ccccc2c1. The van der Waals surface area contributed by atoms with Crippen LogP contribution < -0.4 is 5.32 Å². The standard InChI is InChI=1S/C20H19NO/c1-15(22)21-14-20(17-8-3-2-4-9-17)19-12-11-16-7-5-6-10-18(16)13-19/h2-13,20H,14H2,1H3,(H,21,22)/t20-/m1/s1. The summed E-state index contributed by atoms with van der Waals surface area (Å²) in [5.41, 5.74) is 2.44. The van der Waals surface area contributed by atoms with E-state index in [-0.39, 0.29) is 11.8 Å². The molecule has 0 saturated carbocycles. The summed E-state index contributed by atoms with van der Waals surface area (Å²) in [5.74, 6) is 0.163. The molecule has 0 aliphatic rings. The molecule has 2 heteroatoms. The number of fused-ring (bicyclic) bond motifs is 1. The van der Waals surface area contributed by atoms with Gasteiger partial charge < -0.3 is 5.32 Å². The van der Waals surface area contributed by atoms with Crippen LogP contribution in [0.15, 0.2) is 72.8 Å². The van der Waals surface area contributed by atoms with E-state index in [2.05, 4.69) is 53.8 Å². The fourth-order valence-electron chi connectivity index (χ4n) is 2.78. The number of carbonyl (C=O) groups excluding carboxylic acids is 1. The maximum atomic E-state index is 11.3. The summed E-state index contributed by atoms with van der Waals surface area (Å²) in [7, 11) is 0. The Morgan fingerprint density at radius 3 is 2.27 bits per heavy atom. The van der Waals surface area contributed by atoms with Gasteiger partial charge in [-0.1, -0.05) is 72.8 Å². The molecule has 1 N–H and O–H groups in total. The van der Waals surface area contributed by atoms with Crippen molar-refractivity contribution in [3.05, 3.63) is 83.9 Å². The van der Waals surface area contributed by atoms with Gasteiger partial charge in [0.15, 0.2) is 0 Å². The van der Waals surface area contributed by atoms with Crippen LogP contribution in [0.1, 0.15) is 24.0 Å². The van der Waals surface area contributed by atoms with Crippen molar-refractivity contribution in [2.24, 2.45) is 0 Å². The zero-order valence-electron chi connectivity index (χ0n) is 12.6. The first-order valence-corrected chi connectivity index (χ1v) is 7.52. The van der Waals surface area contributed by atoms with Crippen LogP contribution in [-0.2, 0) is 4.79 Å². The summed E-state index contributed by atoms with van der Waals surface area (Å²) < 4.78 is 0. The molecule has 0 spiro atoms. The molecule has 0 bridgehead atoms. The summed E-state index contributed by atoms with van der Waals surface area (Å²) >= 11 is 0. The van der Waals surface area contributed by atoms with Crippen LogP contribution in [0, 0.1) is 0 Å². The number of carbonyl (C=O) groups is 1. The van der Waals surface area contributed by atoms with E-state index in [0.29, 0.717) is 6.54 Å². The van der Waals surface area contributed by atoms with Gasteiger partial charge in [0.25, 0.3) is 0 Å². The minimum Gasteiger partial charge on any atom is -0.355 e. The first kappa shape index (κ1) is 14.3. The first-order valence-electron chi connectivity index (χ1n) is 7.52. The molecule has 0 aliphatic heterocycles. The summed E-state index contributed by atoms with van der Waals surface area (Å²) in [4.78, 5) is 11.3. The number of rotatable bonds is 4. The van der Waals surface area contributed by atoms with Crippen molar-refractivity contribution in [1.82, 2.24) is 5.32 Å². The molecular weight excluding hydrogens is 270 g/mol. The van der Waals surface area contributed by atoms with E-state index in [1.54, 1.807) is 6.92 Å². The van der Waals surface area contributed by atoms with Crippen LogP contribution in [0.25, 0.3) is 10.8 Å². The Morgan fingerprint density at radius 1 is 0.864 bits per heavy atom. The van der Waals surface area contributed by atoms with Crippen LogP contribution in [0.3, 0.4) is 0 Å². The lowest BCUT2D eigenvalue weighted by atomic mass is 9.90. The Bertz CT molecular complexity index is 780. The lowest BCUT2D eigenvalue weighted by Crippen LogP contribution is -2.26. The fraction of sp³-hybridized carbons (Fsp3) is 0.150. The number of hydrogen-bond donors (Lipinski definition) is 1. The highest BCUT2D eigenvalue weighted by Crippen LogP contribution is 2.27. The van der Waals surface area contributed by atoms with Crippen LogP contribution in [0.4, 0.5) is 0 Å². The van der Waals surface area contributed by atoms with E-state index in [0.717, 1.165) is 0 Å². The molecule has 3 rings (SSSR count). The maximum absolute atomic E-state index is 11.3. The molecule has 22 heavy (non-hydrogen) atoms. The van der Waals surface area contributed by atoms with E-state index >= 15 is 0 Å². The average Bonchev–Trinajstić information content (AvgIpc) is 2.55. The molecular formula is C20H19NO.